The van der Waals surface area contributed by atoms with Crippen LogP contribution in [-0.2, 0) is 13.6 Å². The Bertz CT molecular complexity index is 394. The molecule has 0 spiro atoms. The van der Waals surface area contributed by atoms with Gasteiger partial charge in [0.05, 0.1) is 13.2 Å². The van der Waals surface area contributed by atoms with Crippen LogP contribution >= 0.6 is 7.60 Å². The van der Waals surface area contributed by atoms with Crippen molar-refractivity contribution in [3.8, 4) is 0 Å². The maximum absolute atomic E-state index is 12.8. The van der Waals surface area contributed by atoms with E-state index in [1.54, 1.807) is 24.3 Å². The van der Waals surface area contributed by atoms with Gasteiger partial charge in [0, 0.05) is 0 Å². The lowest BCUT2D eigenvalue weighted by molar-refractivity contribution is 0.139. The summed E-state index contributed by atoms with van der Waals surface area (Å²) in [7, 11) is -3.54. The van der Waals surface area contributed by atoms with E-state index in [9.17, 15) is 9.67 Å². The Kier molecular flexibility index (Phi) is 8.08. The molecule has 1 N–H and O–H groups in total. The largest absolute Gasteiger partial charge is 0.376 e. The molecule has 0 saturated heterocycles. The molecule has 0 aromatic heterocycles. The van der Waals surface area contributed by atoms with Crippen molar-refractivity contribution in [2.24, 2.45) is 0 Å². The third-order valence-electron chi connectivity index (χ3n) is 2.94. The molecule has 20 heavy (non-hydrogen) atoms. The molecular weight excluding hydrogens is 275 g/mol. The van der Waals surface area contributed by atoms with E-state index < -0.39 is 13.4 Å². The van der Waals surface area contributed by atoms with Crippen molar-refractivity contribution in [2.75, 3.05) is 13.2 Å². The predicted octanol–water partition coefficient (Wildman–Crippen LogP) is 4.50. The summed E-state index contributed by atoms with van der Waals surface area (Å²) in [6.07, 6.45) is 3.47. The predicted molar refractivity (Wildman–Crippen MR) is 80.7 cm³/mol. The molecule has 0 aliphatic heterocycles. The first-order valence-corrected chi connectivity index (χ1v) is 8.87. The highest BCUT2D eigenvalue weighted by Crippen LogP contribution is 2.59. The SMILES string of the molecule is CCCCOP(=O)(OCCCC)[C@H](O)c1ccccc1. The number of benzene rings is 1. The van der Waals surface area contributed by atoms with Gasteiger partial charge >= 0.3 is 7.60 Å². The highest BCUT2D eigenvalue weighted by Gasteiger charge is 2.35. The maximum atomic E-state index is 12.8. The first-order chi connectivity index (χ1) is 9.64. The van der Waals surface area contributed by atoms with E-state index in [-0.39, 0.29) is 0 Å². The molecule has 1 atom stereocenters. The van der Waals surface area contributed by atoms with Gasteiger partial charge in [-0.2, -0.15) is 0 Å². The number of unbranched alkanes of at least 4 members (excludes halogenated alkanes) is 2. The highest BCUT2D eigenvalue weighted by atomic mass is 31.2. The maximum Gasteiger partial charge on any atom is 0.363 e. The van der Waals surface area contributed by atoms with Crippen LogP contribution in [0.2, 0.25) is 0 Å². The summed E-state index contributed by atoms with van der Waals surface area (Å²) in [4.78, 5) is 0. The van der Waals surface area contributed by atoms with Crippen molar-refractivity contribution in [3.05, 3.63) is 35.9 Å². The molecule has 4 nitrogen and oxygen atoms in total. The summed E-state index contributed by atoms with van der Waals surface area (Å²) in [6, 6.07) is 8.88. The standard InChI is InChI=1S/C15H25O4P/c1-3-5-12-18-20(17,19-13-6-4-2)15(16)14-10-8-7-9-11-14/h7-11,15-16H,3-6,12-13H2,1-2H3/t15-/m0/s1. The number of hydrogen-bond donors (Lipinski definition) is 1. The number of hydrogen-bond acceptors (Lipinski definition) is 4. The third-order valence-corrected chi connectivity index (χ3v) is 4.92. The molecule has 0 aliphatic rings. The first kappa shape index (κ1) is 17.4. The fraction of sp³-hybridized carbons (Fsp3) is 0.600. The second kappa shape index (κ2) is 9.30. The molecule has 0 amide bonds. The quantitative estimate of drug-likeness (QED) is 0.510. The first-order valence-electron chi connectivity index (χ1n) is 7.26. The van der Waals surface area contributed by atoms with Gasteiger partial charge in [-0.15, -0.1) is 0 Å². The minimum atomic E-state index is -3.54. The third kappa shape index (κ3) is 5.37. The second-order valence-corrected chi connectivity index (χ2v) is 6.78. The molecule has 1 rings (SSSR count). The Morgan fingerprint density at radius 1 is 1.05 bits per heavy atom. The molecule has 0 radical (unpaired) electrons. The molecule has 0 saturated carbocycles. The molecule has 1 aromatic rings. The average molecular weight is 300 g/mol. The number of aliphatic hydroxyl groups is 1. The van der Waals surface area contributed by atoms with Gasteiger partial charge in [-0.3, -0.25) is 4.57 Å². The number of rotatable bonds is 10. The van der Waals surface area contributed by atoms with Gasteiger partial charge in [0.2, 0.25) is 0 Å². The van der Waals surface area contributed by atoms with Gasteiger partial charge < -0.3 is 14.2 Å². The summed E-state index contributed by atoms with van der Waals surface area (Å²) in [5.74, 6) is -1.22. The minimum Gasteiger partial charge on any atom is -0.376 e. The van der Waals surface area contributed by atoms with Crippen LogP contribution in [0.1, 0.15) is 50.9 Å². The van der Waals surface area contributed by atoms with Crippen LogP contribution < -0.4 is 0 Å². The summed E-state index contributed by atoms with van der Waals surface area (Å²) < 4.78 is 23.6. The lowest BCUT2D eigenvalue weighted by atomic mass is 10.2. The van der Waals surface area contributed by atoms with E-state index in [1.165, 1.54) is 0 Å². The lowest BCUT2D eigenvalue weighted by Gasteiger charge is -2.23. The zero-order valence-electron chi connectivity index (χ0n) is 12.3. The Balaban J connectivity index is 2.77. The van der Waals surface area contributed by atoms with E-state index in [0.717, 1.165) is 25.7 Å². The molecule has 0 heterocycles. The zero-order valence-corrected chi connectivity index (χ0v) is 13.2. The van der Waals surface area contributed by atoms with Gasteiger partial charge in [-0.05, 0) is 18.4 Å². The molecule has 0 fully saturated rings. The van der Waals surface area contributed by atoms with Crippen LogP contribution in [0.15, 0.2) is 30.3 Å². The van der Waals surface area contributed by atoms with E-state index >= 15 is 0 Å². The van der Waals surface area contributed by atoms with Crippen molar-refractivity contribution in [1.29, 1.82) is 0 Å². The fourth-order valence-electron chi connectivity index (χ4n) is 1.66. The summed E-state index contributed by atoms with van der Waals surface area (Å²) in [6.45, 7) is 4.73. The summed E-state index contributed by atoms with van der Waals surface area (Å²) in [5, 5.41) is 10.3. The average Bonchev–Trinajstić information content (AvgIpc) is 2.48. The zero-order chi connectivity index (χ0) is 14.8. The summed E-state index contributed by atoms with van der Waals surface area (Å²) in [5.41, 5.74) is 0.559. The summed E-state index contributed by atoms with van der Waals surface area (Å²) >= 11 is 0. The van der Waals surface area contributed by atoms with Crippen molar-refractivity contribution >= 4 is 7.60 Å². The van der Waals surface area contributed by atoms with Crippen LogP contribution in [0.3, 0.4) is 0 Å². The molecule has 0 bridgehead atoms. The Hall–Kier alpha value is -0.670. The Morgan fingerprint density at radius 3 is 2.00 bits per heavy atom. The fourth-order valence-corrected chi connectivity index (χ4v) is 3.32. The minimum absolute atomic E-state index is 0.337. The Morgan fingerprint density at radius 2 is 1.55 bits per heavy atom. The molecular formula is C15H25O4P. The topological polar surface area (TPSA) is 55.8 Å². The van der Waals surface area contributed by atoms with Crippen LogP contribution in [0.5, 0.6) is 0 Å². The van der Waals surface area contributed by atoms with Crippen LogP contribution in [0, 0.1) is 0 Å². The number of aliphatic hydroxyl groups excluding tert-OH is 1. The molecule has 0 aliphatic carbocycles. The molecule has 114 valence electrons. The molecule has 0 unspecified atom stereocenters. The van der Waals surface area contributed by atoms with Crippen molar-refractivity contribution in [1.82, 2.24) is 0 Å². The second-order valence-electron chi connectivity index (χ2n) is 4.70. The lowest BCUT2D eigenvalue weighted by Crippen LogP contribution is -2.07. The van der Waals surface area contributed by atoms with Crippen LogP contribution in [0.4, 0.5) is 0 Å². The van der Waals surface area contributed by atoms with E-state index in [2.05, 4.69) is 0 Å². The normalized spacial score (nSPS) is 13.3. The van der Waals surface area contributed by atoms with Gasteiger partial charge in [0.15, 0.2) is 5.85 Å². The Labute approximate surface area is 121 Å². The van der Waals surface area contributed by atoms with E-state index in [0.29, 0.717) is 18.8 Å². The van der Waals surface area contributed by atoms with Gasteiger partial charge in [0.1, 0.15) is 0 Å². The van der Waals surface area contributed by atoms with Crippen LogP contribution in [0.25, 0.3) is 0 Å². The van der Waals surface area contributed by atoms with Crippen molar-refractivity contribution in [2.45, 2.75) is 45.4 Å². The van der Waals surface area contributed by atoms with E-state index in [4.69, 9.17) is 9.05 Å². The van der Waals surface area contributed by atoms with Crippen LogP contribution in [-0.4, -0.2) is 18.3 Å². The van der Waals surface area contributed by atoms with E-state index in [1.807, 2.05) is 19.9 Å². The highest BCUT2D eigenvalue weighted by molar-refractivity contribution is 7.54. The van der Waals surface area contributed by atoms with Gasteiger partial charge in [-0.25, -0.2) is 0 Å². The molecule has 5 heteroatoms. The van der Waals surface area contributed by atoms with Crippen molar-refractivity contribution in [3.63, 3.8) is 0 Å². The monoisotopic (exact) mass is 300 g/mol. The smallest absolute Gasteiger partial charge is 0.363 e. The molecule has 1 aromatic carbocycles. The van der Waals surface area contributed by atoms with Gasteiger partial charge in [-0.1, -0.05) is 57.0 Å². The van der Waals surface area contributed by atoms with Crippen molar-refractivity contribution < 1.29 is 18.7 Å². The van der Waals surface area contributed by atoms with Gasteiger partial charge in [0.25, 0.3) is 0 Å².